The summed E-state index contributed by atoms with van der Waals surface area (Å²) in [6.45, 7) is 0. The predicted molar refractivity (Wildman–Crippen MR) is 50.7 cm³/mol. The van der Waals surface area contributed by atoms with Crippen molar-refractivity contribution in [3.63, 3.8) is 0 Å². The van der Waals surface area contributed by atoms with Crippen molar-refractivity contribution in [1.29, 1.82) is 0 Å². The number of hydrogen-bond acceptors (Lipinski definition) is 3. The molecule has 2 rings (SSSR count). The van der Waals surface area contributed by atoms with Crippen LogP contribution < -0.4 is 4.74 Å². The van der Waals surface area contributed by atoms with E-state index in [0.29, 0.717) is 5.75 Å². The molecule has 1 aliphatic carbocycles. The third kappa shape index (κ3) is 2.02. The molecule has 0 fully saturated rings. The summed E-state index contributed by atoms with van der Waals surface area (Å²) >= 11 is 0. The smallest absolute Gasteiger partial charge is 0.314 e. The minimum atomic E-state index is -0.157. The van der Waals surface area contributed by atoms with Crippen LogP contribution in [0.2, 0.25) is 0 Å². The lowest BCUT2D eigenvalue weighted by Gasteiger charge is -2.15. The van der Waals surface area contributed by atoms with E-state index in [4.69, 9.17) is 4.74 Å². The molecule has 14 heavy (non-hydrogen) atoms. The molecule has 0 saturated heterocycles. The third-order valence-corrected chi connectivity index (χ3v) is 2.29. The van der Waals surface area contributed by atoms with Gasteiger partial charge in [0.05, 0.1) is 18.3 Å². The summed E-state index contributed by atoms with van der Waals surface area (Å²) in [5.74, 6) is 0.343. The number of H-pyrrole nitrogens is 1. The molecule has 1 atom stereocenters. The topological polar surface area (TPSA) is 55.0 Å². The monoisotopic (exact) mass is 192 g/mol. The first-order valence-electron chi connectivity index (χ1n) is 4.72. The molecule has 4 heteroatoms. The maximum atomic E-state index is 11.6. The number of hydrogen-bond donors (Lipinski definition) is 1. The van der Waals surface area contributed by atoms with Gasteiger partial charge in [0.25, 0.3) is 0 Å². The van der Waals surface area contributed by atoms with Crippen LogP contribution in [-0.2, 0) is 4.79 Å². The molecule has 1 aliphatic rings. The van der Waals surface area contributed by atoms with Gasteiger partial charge in [-0.25, -0.2) is 0 Å². The van der Waals surface area contributed by atoms with Gasteiger partial charge in [0.15, 0.2) is 5.75 Å². The summed E-state index contributed by atoms with van der Waals surface area (Å²) < 4.78 is 5.13. The summed E-state index contributed by atoms with van der Waals surface area (Å²) in [6, 6.07) is 0. The SMILES string of the molecule is O=C(Oc1cn[nH]c1)C1CC=CCC1. The highest BCUT2D eigenvalue weighted by Crippen LogP contribution is 2.20. The van der Waals surface area contributed by atoms with Crippen LogP contribution in [-0.4, -0.2) is 16.2 Å². The number of rotatable bonds is 2. The number of carbonyl (C=O) groups is 1. The number of esters is 1. The van der Waals surface area contributed by atoms with Gasteiger partial charge in [-0.05, 0) is 19.3 Å². The van der Waals surface area contributed by atoms with E-state index in [1.54, 1.807) is 6.20 Å². The molecule has 4 nitrogen and oxygen atoms in total. The molecule has 1 aromatic heterocycles. The molecule has 0 aliphatic heterocycles. The Balaban J connectivity index is 1.92. The van der Waals surface area contributed by atoms with Crippen molar-refractivity contribution in [2.24, 2.45) is 5.92 Å². The molecule has 0 amide bonds. The largest absolute Gasteiger partial charge is 0.423 e. The second kappa shape index (κ2) is 4.09. The van der Waals surface area contributed by atoms with E-state index >= 15 is 0 Å². The van der Waals surface area contributed by atoms with E-state index < -0.39 is 0 Å². The fourth-order valence-corrected chi connectivity index (χ4v) is 1.50. The van der Waals surface area contributed by atoms with Gasteiger partial charge < -0.3 is 4.74 Å². The van der Waals surface area contributed by atoms with Crippen molar-refractivity contribution in [3.05, 3.63) is 24.5 Å². The Kier molecular flexibility index (Phi) is 2.62. The van der Waals surface area contributed by atoms with Gasteiger partial charge in [0, 0.05) is 0 Å². The molecular formula is C10H12N2O2. The standard InChI is InChI=1S/C10H12N2O2/c13-10(8-4-2-1-3-5-8)14-9-6-11-12-7-9/h1-2,6-8H,3-5H2,(H,11,12). The van der Waals surface area contributed by atoms with Crippen molar-refractivity contribution in [1.82, 2.24) is 10.2 Å². The molecule has 0 aromatic carbocycles. The number of nitrogens with one attached hydrogen (secondary N) is 1. The molecule has 0 saturated carbocycles. The van der Waals surface area contributed by atoms with Gasteiger partial charge in [-0.3, -0.25) is 9.89 Å². The van der Waals surface area contributed by atoms with Crippen LogP contribution in [0.1, 0.15) is 19.3 Å². The summed E-state index contributed by atoms with van der Waals surface area (Å²) in [6.07, 6.45) is 9.83. The van der Waals surface area contributed by atoms with E-state index in [1.807, 2.05) is 6.08 Å². The van der Waals surface area contributed by atoms with Crippen molar-refractivity contribution >= 4 is 5.97 Å². The minimum absolute atomic E-state index is 0.00917. The number of carbonyl (C=O) groups excluding carboxylic acids is 1. The zero-order chi connectivity index (χ0) is 9.80. The molecule has 74 valence electrons. The van der Waals surface area contributed by atoms with Gasteiger partial charge >= 0.3 is 5.97 Å². The summed E-state index contributed by atoms with van der Waals surface area (Å²) in [5.41, 5.74) is 0. The van der Waals surface area contributed by atoms with Crippen molar-refractivity contribution in [2.45, 2.75) is 19.3 Å². The van der Waals surface area contributed by atoms with E-state index in [-0.39, 0.29) is 11.9 Å². The quantitative estimate of drug-likeness (QED) is 0.572. The number of ether oxygens (including phenoxy) is 1. The van der Waals surface area contributed by atoms with E-state index in [1.165, 1.54) is 6.20 Å². The lowest BCUT2D eigenvalue weighted by Crippen LogP contribution is -2.21. The van der Waals surface area contributed by atoms with Gasteiger partial charge in [-0.15, -0.1) is 0 Å². The first-order chi connectivity index (χ1) is 6.86. The fraction of sp³-hybridized carbons (Fsp3) is 0.400. The number of aromatic amines is 1. The molecule has 0 bridgehead atoms. The Morgan fingerprint density at radius 3 is 3.14 bits per heavy atom. The van der Waals surface area contributed by atoms with Gasteiger partial charge in [0.1, 0.15) is 0 Å². The molecule has 1 heterocycles. The lowest BCUT2D eigenvalue weighted by molar-refractivity contribution is -0.139. The van der Waals surface area contributed by atoms with Crippen LogP contribution in [0.15, 0.2) is 24.5 Å². The highest BCUT2D eigenvalue weighted by molar-refractivity contribution is 5.75. The fourth-order valence-electron chi connectivity index (χ4n) is 1.50. The zero-order valence-electron chi connectivity index (χ0n) is 7.77. The number of allylic oxidation sites excluding steroid dienone is 2. The van der Waals surface area contributed by atoms with E-state index in [9.17, 15) is 4.79 Å². The van der Waals surface area contributed by atoms with E-state index in [0.717, 1.165) is 19.3 Å². The van der Waals surface area contributed by atoms with Crippen LogP contribution in [0, 0.1) is 5.92 Å². The highest BCUT2D eigenvalue weighted by Gasteiger charge is 2.20. The van der Waals surface area contributed by atoms with Crippen LogP contribution >= 0.6 is 0 Å². The van der Waals surface area contributed by atoms with Crippen LogP contribution in [0.25, 0.3) is 0 Å². The number of nitrogens with zero attached hydrogens (tertiary/aromatic N) is 1. The zero-order valence-corrected chi connectivity index (χ0v) is 7.77. The highest BCUT2D eigenvalue weighted by atomic mass is 16.5. The van der Waals surface area contributed by atoms with Crippen LogP contribution in [0.5, 0.6) is 5.75 Å². The van der Waals surface area contributed by atoms with Crippen LogP contribution in [0.3, 0.4) is 0 Å². The molecule has 1 aromatic rings. The molecular weight excluding hydrogens is 180 g/mol. The molecule has 0 spiro atoms. The predicted octanol–water partition coefficient (Wildman–Crippen LogP) is 1.67. The Morgan fingerprint density at radius 2 is 2.50 bits per heavy atom. The molecule has 1 unspecified atom stereocenters. The van der Waals surface area contributed by atoms with Gasteiger partial charge in [0.2, 0.25) is 0 Å². The Bertz CT molecular complexity index is 330. The lowest BCUT2D eigenvalue weighted by atomic mass is 9.95. The first kappa shape index (κ1) is 8.99. The molecule has 1 N–H and O–H groups in total. The average molecular weight is 192 g/mol. The first-order valence-corrected chi connectivity index (χ1v) is 4.72. The van der Waals surface area contributed by atoms with Crippen molar-refractivity contribution in [3.8, 4) is 5.75 Å². The third-order valence-electron chi connectivity index (χ3n) is 2.29. The minimum Gasteiger partial charge on any atom is -0.423 e. The van der Waals surface area contributed by atoms with Gasteiger partial charge in [-0.1, -0.05) is 12.2 Å². The number of aromatic nitrogens is 2. The normalized spacial score (nSPS) is 20.7. The van der Waals surface area contributed by atoms with Crippen molar-refractivity contribution < 1.29 is 9.53 Å². The second-order valence-corrected chi connectivity index (χ2v) is 3.34. The van der Waals surface area contributed by atoms with Crippen LogP contribution in [0.4, 0.5) is 0 Å². The Labute approximate surface area is 82.0 Å². The Morgan fingerprint density at radius 1 is 1.57 bits per heavy atom. The van der Waals surface area contributed by atoms with Crippen molar-refractivity contribution in [2.75, 3.05) is 0 Å². The maximum Gasteiger partial charge on any atom is 0.314 e. The maximum absolute atomic E-state index is 11.6. The summed E-state index contributed by atoms with van der Waals surface area (Å²) in [5, 5.41) is 6.30. The second-order valence-electron chi connectivity index (χ2n) is 3.34. The summed E-state index contributed by atoms with van der Waals surface area (Å²) in [7, 11) is 0. The average Bonchev–Trinajstić information content (AvgIpc) is 2.72. The Hall–Kier alpha value is -1.58. The van der Waals surface area contributed by atoms with Gasteiger partial charge in [-0.2, -0.15) is 5.10 Å². The molecule has 0 radical (unpaired) electrons. The van der Waals surface area contributed by atoms with E-state index in [2.05, 4.69) is 16.3 Å². The summed E-state index contributed by atoms with van der Waals surface area (Å²) in [4.78, 5) is 11.6.